The lowest BCUT2D eigenvalue weighted by Crippen LogP contribution is -2.28. The van der Waals surface area contributed by atoms with E-state index < -0.39 is 6.04 Å². The highest BCUT2D eigenvalue weighted by atomic mass is 35.5. The predicted octanol–water partition coefficient (Wildman–Crippen LogP) is 5.50. The summed E-state index contributed by atoms with van der Waals surface area (Å²) >= 11 is 5.96. The van der Waals surface area contributed by atoms with Gasteiger partial charge in [-0.15, -0.1) is 0 Å². The smallest absolute Gasteiger partial charge is 0.249 e. The number of rotatable bonds is 7. The number of carbonyl (C=O) groups excluding carboxylic acids is 1. The van der Waals surface area contributed by atoms with Gasteiger partial charge in [-0.1, -0.05) is 77.4 Å². The molecule has 154 valence electrons. The van der Waals surface area contributed by atoms with E-state index in [-0.39, 0.29) is 5.91 Å². The summed E-state index contributed by atoms with van der Waals surface area (Å²) in [7, 11) is 0. The Labute approximate surface area is 185 Å². The molecule has 4 rings (SSSR count). The molecule has 0 aliphatic carbocycles. The Morgan fingerprint density at radius 1 is 0.968 bits per heavy atom. The van der Waals surface area contributed by atoms with E-state index in [1.54, 1.807) is 18.2 Å². The molecule has 1 aromatic heterocycles. The molecule has 0 bridgehead atoms. The van der Waals surface area contributed by atoms with Crippen molar-refractivity contribution >= 4 is 23.6 Å². The number of amides is 1. The SMILES string of the molecule is O=C(C=Cc1ccccc1)NC(Cc1ccccc1)c1nc(-c2ccc(Cl)cc2)no1. The normalized spacial score (nSPS) is 12.0. The fourth-order valence-electron chi connectivity index (χ4n) is 3.10. The van der Waals surface area contributed by atoms with Gasteiger partial charge in [-0.2, -0.15) is 4.98 Å². The largest absolute Gasteiger partial charge is 0.340 e. The van der Waals surface area contributed by atoms with Crippen LogP contribution in [0.5, 0.6) is 0 Å². The number of aromatic nitrogens is 2. The van der Waals surface area contributed by atoms with E-state index >= 15 is 0 Å². The Balaban J connectivity index is 1.55. The molecule has 0 spiro atoms. The lowest BCUT2D eigenvalue weighted by molar-refractivity contribution is -0.117. The van der Waals surface area contributed by atoms with E-state index in [0.29, 0.717) is 23.2 Å². The molecule has 0 saturated carbocycles. The molecule has 0 radical (unpaired) electrons. The highest BCUT2D eigenvalue weighted by molar-refractivity contribution is 6.30. The number of halogens is 1. The molecule has 1 N–H and O–H groups in total. The first kappa shape index (κ1) is 20.6. The summed E-state index contributed by atoms with van der Waals surface area (Å²) in [6.07, 6.45) is 3.79. The van der Waals surface area contributed by atoms with Crippen LogP contribution in [0.25, 0.3) is 17.5 Å². The first-order valence-electron chi connectivity index (χ1n) is 9.84. The Kier molecular flexibility index (Phi) is 6.55. The van der Waals surface area contributed by atoms with Gasteiger partial charge >= 0.3 is 0 Å². The molecule has 1 amide bonds. The van der Waals surface area contributed by atoms with E-state index in [9.17, 15) is 4.79 Å². The molecule has 5 nitrogen and oxygen atoms in total. The molecule has 0 fully saturated rings. The molecule has 1 unspecified atom stereocenters. The minimum Gasteiger partial charge on any atom is -0.340 e. The summed E-state index contributed by atoms with van der Waals surface area (Å²) in [5, 5.41) is 7.70. The number of hydrogen-bond donors (Lipinski definition) is 1. The second-order valence-electron chi connectivity index (χ2n) is 6.96. The summed E-state index contributed by atoms with van der Waals surface area (Å²) in [6, 6.07) is 26.2. The second kappa shape index (κ2) is 9.87. The lowest BCUT2D eigenvalue weighted by Gasteiger charge is -2.14. The quantitative estimate of drug-likeness (QED) is 0.394. The number of nitrogens with one attached hydrogen (secondary N) is 1. The van der Waals surface area contributed by atoms with Crippen LogP contribution >= 0.6 is 11.6 Å². The van der Waals surface area contributed by atoms with Crippen molar-refractivity contribution in [3.63, 3.8) is 0 Å². The summed E-state index contributed by atoms with van der Waals surface area (Å²) in [5.74, 6) is 0.546. The van der Waals surface area contributed by atoms with Gasteiger partial charge in [-0.25, -0.2) is 0 Å². The van der Waals surface area contributed by atoms with Crippen LogP contribution in [-0.4, -0.2) is 16.0 Å². The van der Waals surface area contributed by atoms with Crippen LogP contribution < -0.4 is 5.32 Å². The van der Waals surface area contributed by atoms with Gasteiger partial charge in [0.1, 0.15) is 6.04 Å². The first-order valence-corrected chi connectivity index (χ1v) is 10.2. The van der Waals surface area contributed by atoms with E-state index in [1.165, 1.54) is 6.08 Å². The Hall–Kier alpha value is -3.70. The number of carbonyl (C=O) groups is 1. The zero-order valence-electron chi connectivity index (χ0n) is 16.6. The fraction of sp³-hybridized carbons (Fsp3) is 0.0800. The second-order valence-corrected chi connectivity index (χ2v) is 7.39. The standard InChI is InChI=1S/C25H20ClN3O2/c26-21-14-12-20(13-15-21)24-28-25(31-29-24)22(17-19-9-5-2-6-10-19)27-23(30)16-11-18-7-3-1-4-8-18/h1-16,22H,17H2,(H,27,30). The Bertz CT molecular complexity index is 1160. The van der Waals surface area contributed by atoms with Crippen molar-refractivity contribution < 1.29 is 9.32 Å². The molecule has 1 heterocycles. The lowest BCUT2D eigenvalue weighted by atomic mass is 10.1. The zero-order valence-corrected chi connectivity index (χ0v) is 17.4. The molecule has 0 aliphatic rings. The molecule has 31 heavy (non-hydrogen) atoms. The van der Waals surface area contributed by atoms with Crippen LogP contribution in [-0.2, 0) is 11.2 Å². The topological polar surface area (TPSA) is 68.0 Å². The maximum Gasteiger partial charge on any atom is 0.249 e. The fourth-order valence-corrected chi connectivity index (χ4v) is 3.22. The summed E-state index contributed by atoms with van der Waals surface area (Å²) in [5.41, 5.74) is 2.78. The van der Waals surface area contributed by atoms with E-state index in [1.807, 2.05) is 72.8 Å². The highest BCUT2D eigenvalue weighted by Crippen LogP contribution is 2.23. The van der Waals surface area contributed by atoms with E-state index in [2.05, 4.69) is 15.5 Å². The zero-order chi connectivity index (χ0) is 21.5. The average molecular weight is 430 g/mol. The minimum absolute atomic E-state index is 0.240. The monoisotopic (exact) mass is 429 g/mol. The van der Waals surface area contributed by atoms with Crippen molar-refractivity contribution in [1.29, 1.82) is 0 Å². The third-order valence-corrected chi connectivity index (χ3v) is 4.92. The van der Waals surface area contributed by atoms with Gasteiger partial charge < -0.3 is 9.84 Å². The van der Waals surface area contributed by atoms with Gasteiger partial charge in [0.05, 0.1) is 0 Å². The third-order valence-electron chi connectivity index (χ3n) is 4.67. The van der Waals surface area contributed by atoms with Crippen LogP contribution in [0.4, 0.5) is 0 Å². The average Bonchev–Trinajstić information content (AvgIpc) is 3.29. The molecule has 6 heteroatoms. The highest BCUT2D eigenvalue weighted by Gasteiger charge is 2.21. The molecular weight excluding hydrogens is 410 g/mol. The Morgan fingerprint density at radius 3 is 2.35 bits per heavy atom. The molecule has 0 aliphatic heterocycles. The van der Waals surface area contributed by atoms with Gasteiger partial charge in [-0.3, -0.25) is 4.79 Å². The van der Waals surface area contributed by atoms with Crippen molar-refractivity contribution in [3.8, 4) is 11.4 Å². The maximum absolute atomic E-state index is 12.6. The van der Waals surface area contributed by atoms with Gasteiger partial charge in [0.25, 0.3) is 0 Å². The molecule has 1 atom stereocenters. The van der Waals surface area contributed by atoms with Gasteiger partial charge in [0, 0.05) is 23.1 Å². The summed E-state index contributed by atoms with van der Waals surface area (Å²) in [6.45, 7) is 0. The van der Waals surface area contributed by atoms with Crippen molar-refractivity contribution in [2.45, 2.75) is 12.5 Å². The van der Waals surface area contributed by atoms with Crippen LogP contribution in [0.1, 0.15) is 23.1 Å². The van der Waals surface area contributed by atoms with Gasteiger partial charge in [-0.05, 0) is 41.5 Å². The molecule has 0 saturated heterocycles. The van der Waals surface area contributed by atoms with Crippen molar-refractivity contribution in [2.24, 2.45) is 0 Å². The first-order chi connectivity index (χ1) is 15.2. The summed E-state index contributed by atoms with van der Waals surface area (Å²) in [4.78, 5) is 17.1. The summed E-state index contributed by atoms with van der Waals surface area (Å²) < 4.78 is 5.51. The number of hydrogen-bond acceptors (Lipinski definition) is 4. The van der Waals surface area contributed by atoms with E-state index in [0.717, 1.165) is 16.7 Å². The number of nitrogens with zero attached hydrogens (tertiary/aromatic N) is 2. The Morgan fingerprint density at radius 2 is 1.65 bits per heavy atom. The van der Waals surface area contributed by atoms with Gasteiger partial charge in [0.2, 0.25) is 17.6 Å². The molecular formula is C25H20ClN3O2. The predicted molar refractivity (Wildman–Crippen MR) is 121 cm³/mol. The van der Waals surface area contributed by atoms with Gasteiger partial charge in [0.15, 0.2) is 0 Å². The molecule has 3 aromatic carbocycles. The van der Waals surface area contributed by atoms with Crippen LogP contribution in [0.3, 0.4) is 0 Å². The van der Waals surface area contributed by atoms with E-state index in [4.69, 9.17) is 16.1 Å². The van der Waals surface area contributed by atoms with Crippen LogP contribution in [0.15, 0.2) is 95.5 Å². The maximum atomic E-state index is 12.6. The van der Waals surface area contributed by atoms with Crippen molar-refractivity contribution in [1.82, 2.24) is 15.5 Å². The third kappa shape index (κ3) is 5.68. The van der Waals surface area contributed by atoms with Crippen LogP contribution in [0, 0.1) is 0 Å². The molecule has 4 aromatic rings. The number of benzene rings is 3. The minimum atomic E-state index is -0.469. The van der Waals surface area contributed by atoms with Crippen molar-refractivity contribution in [2.75, 3.05) is 0 Å². The van der Waals surface area contributed by atoms with Crippen molar-refractivity contribution in [3.05, 3.63) is 113 Å². The van der Waals surface area contributed by atoms with Crippen LogP contribution in [0.2, 0.25) is 5.02 Å².